The van der Waals surface area contributed by atoms with Gasteiger partial charge in [-0.2, -0.15) is 5.10 Å². The fourth-order valence-electron chi connectivity index (χ4n) is 1.75. The van der Waals surface area contributed by atoms with Crippen molar-refractivity contribution in [3.63, 3.8) is 0 Å². The van der Waals surface area contributed by atoms with Gasteiger partial charge < -0.3 is 5.11 Å². The Morgan fingerprint density at radius 2 is 1.94 bits per heavy atom. The Kier molecular flexibility index (Phi) is 3.66. The number of rotatable bonds is 4. The van der Waals surface area contributed by atoms with Crippen LogP contribution in [-0.4, -0.2) is 19.9 Å². The summed E-state index contributed by atoms with van der Waals surface area (Å²) in [6.45, 7) is 2.55. The van der Waals surface area contributed by atoms with Crippen LogP contribution in [0.15, 0.2) is 24.5 Å². The number of hydrogen-bond donors (Lipinski definition) is 1. The van der Waals surface area contributed by atoms with Gasteiger partial charge in [-0.05, 0) is 24.1 Å². The molecule has 0 fully saturated rings. The lowest BCUT2D eigenvalue weighted by Gasteiger charge is -2.12. The summed E-state index contributed by atoms with van der Waals surface area (Å²) in [6, 6.07) is 2.92. The van der Waals surface area contributed by atoms with E-state index in [1.807, 2.05) is 6.92 Å². The third-order valence-electron chi connectivity index (χ3n) is 2.53. The SMILES string of the molecule is CCCn1ncnc1C(O)c1cc(F)cc(F)c1. The van der Waals surface area contributed by atoms with Crippen LogP contribution in [0.3, 0.4) is 0 Å². The molecule has 0 amide bonds. The number of nitrogens with zero attached hydrogens (tertiary/aromatic N) is 3. The van der Waals surface area contributed by atoms with Crippen molar-refractivity contribution in [2.75, 3.05) is 0 Å². The maximum atomic E-state index is 13.1. The Labute approximate surface area is 103 Å². The lowest BCUT2D eigenvalue weighted by molar-refractivity contribution is 0.201. The topological polar surface area (TPSA) is 50.9 Å². The average Bonchev–Trinajstić information content (AvgIpc) is 2.75. The molecule has 0 bridgehead atoms. The van der Waals surface area contributed by atoms with E-state index in [1.165, 1.54) is 11.0 Å². The van der Waals surface area contributed by atoms with Crippen LogP contribution in [0.4, 0.5) is 8.78 Å². The van der Waals surface area contributed by atoms with Crippen LogP contribution in [-0.2, 0) is 6.54 Å². The second-order valence-corrected chi connectivity index (χ2v) is 3.95. The first-order chi connectivity index (χ1) is 8.61. The fraction of sp³-hybridized carbons (Fsp3) is 0.333. The van der Waals surface area contributed by atoms with Gasteiger partial charge in [-0.15, -0.1) is 0 Å². The van der Waals surface area contributed by atoms with Crippen LogP contribution in [0.2, 0.25) is 0 Å². The Bertz CT molecular complexity index is 522. The molecule has 18 heavy (non-hydrogen) atoms. The van der Waals surface area contributed by atoms with Gasteiger partial charge in [0.2, 0.25) is 0 Å². The smallest absolute Gasteiger partial charge is 0.160 e. The van der Waals surface area contributed by atoms with Crippen LogP contribution in [0, 0.1) is 11.6 Å². The minimum atomic E-state index is -1.19. The van der Waals surface area contributed by atoms with Gasteiger partial charge in [-0.1, -0.05) is 6.92 Å². The molecule has 1 unspecified atom stereocenters. The average molecular weight is 253 g/mol. The monoisotopic (exact) mass is 253 g/mol. The summed E-state index contributed by atoms with van der Waals surface area (Å²) in [5.41, 5.74) is 0.123. The number of aryl methyl sites for hydroxylation is 1. The van der Waals surface area contributed by atoms with Crippen molar-refractivity contribution >= 4 is 0 Å². The highest BCUT2D eigenvalue weighted by atomic mass is 19.1. The summed E-state index contributed by atoms with van der Waals surface area (Å²) < 4.78 is 27.7. The van der Waals surface area contributed by atoms with E-state index in [2.05, 4.69) is 10.1 Å². The predicted molar refractivity (Wildman–Crippen MR) is 60.7 cm³/mol. The minimum Gasteiger partial charge on any atom is -0.380 e. The molecule has 6 heteroatoms. The first-order valence-electron chi connectivity index (χ1n) is 5.63. The number of aliphatic hydroxyl groups is 1. The maximum Gasteiger partial charge on any atom is 0.160 e. The van der Waals surface area contributed by atoms with E-state index in [1.54, 1.807) is 0 Å². The fourth-order valence-corrected chi connectivity index (χ4v) is 1.75. The molecule has 2 rings (SSSR count). The number of hydrogen-bond acceptors (Lipinski definition) is 3. The van der Waals surface area contributed by atoms with E-state index in [0.717, 1.165) is 24.6 Å². The van der Waals surface area contributed by atoms with E-state index >= 15 is 0 Å². The highest BCUT2D eigenvalue weighted by Crippen LogP contribution is 2.21. The summed E-state index contributed by atoms with van der Waals surface area (Å²) in [7, 11) is 0. The zero-order chi connectivity index (χ0) is 13.1. The zero-order valence-corrected chi connectivity index (χ0v) is 9.85. The summed E-state index contributed by atoms with van der Waals surface area (Å²) in [4.78, 5) is 3.93. The number of benzene rings is 1. The molecule has 96 valence electrons. The summed E-state index contributed by atoms with van der Waals surface area (Å²) in [5.74, 6) is -1.18. The van der Waals surface area contributed by atoms with E-state index < -0.39 is 17.7 Å². The van der Waals surface area contributed by atoms with E-state index in [-0.39, 0.29) is 11.4 Å². The lowest BCUT2D eigenvalue weighted by atomic mass is 10.1. The van der Waals surface area contributed by atoms with Crippen LogP contribution in [0.1, 0.15) is 30.8 Å². The van der Waals surface area contributed by atoms with Gasteiger partial charge in [0, 0.05) is 12.6 Å². The molecule has 1 aromatic heterocycles. The maximum absolute atomic E-state index is 13.1. The number of halogens is 2. The summed E-state index contributed by atoms with van der Waals surface area (Å²) in [5, 5.41) is 14.0. The second-order valence-electron chi connectivity index (χ2n) is 3.95. The van der Waals surface area contributed by atoms with Crippen molar-refractivity contribution < 1.29 is 13.9 Å². The third-order valence-corrected chi connectivity index (χ3v) is 2.53. The lowest BCUT2D eigenvalue weighted by Crippen LogP contribution is -2.11. The first kappa shape index (κ1) is 12.6. The molecule has 1 atom stereocenters. The van der Waals surface area contributed by atoms with Crippen molar-refractivity contribution in [3.05, 3.63) is 47.5 Å². The minimum absolute atomic E-state index is 0.123. The Hall–Kier alpha value is -1.82. The van der Waals surface area contributed by atoms with Gasteiger partial charge in [-0.3, -0.25) is 0 Å². The highest BCUT2D eigenvalue weighted by molar-refractivity contribution is 5.24. The van der Waals surface area contributed by atoms with Gasteiger partial charge >= 0.3 is 0 Å². The van der Waals surface area contributed by atoms with Gasteiger partial charge in [0.25, 0.3) is 0 Å². The molecule has 0 aliphatic rings. The van der Waals surface area contributed by atoms with Gasteiger partial charge in [0.15, 0.2) is 5.82 Å². The Balaban J connectivity index is 2.34. The molecular formula is C12H13F2N3O. The highest BCUT2D eigenvalue weighted by Gasteiger charge is 2.18. The standard InChI is InChI=1S/C12H13F2N3O/c1-2-3-17-12(15-7-16-17)11(18)8-4-9(13)6-10(14)5-8/h4-7,11,18H,2-3H2,1H3. The molecule has 0 radical (unpaired) electrons. The van der Waals surface area contributed by atoms with Crippen LogP contribution >= 0.6 is 0 Å². The number of aromatic nitrogens is 3. The van der Waals surface area contributed by atoms with Crippen molar-refractivity contribution in [3.8, 4) is 0 Å². The molecule has 0 saturated carbocycles. The first-order valence-corrected chi connectivity index (χ1v) is 5.63. The molecular weight excluding hydrogens is 240 g/mol. The van der Waals surface area contributed by atoms with Crippen molar-refractivity contribution in [2.24, 2.45) is 0 Å². The summed E-state index contributed by atoms with van der Waals surface area (Å²) >= 11 is 0. The molecule has 1 heterocycles. The molecule has 1 aromatic carbocycles. The molecule has 2 aromatic rings. The number of aliphatic hydroxyl groups excluding tert-OH is 1. The molecule has 0 aliphatic heterocycles. The van der Waals surface area contributed by atoms with Gasteiger partial charge in [0.05, 0.1) is 0 Å². The second kappa shape index (κ2) is 5.22. The van der Waals surface area contributed by atoms with E-state index in [0.29, 0.717) is 6.54 Å². The molecule has 0 saturated heterocycles. The largest absolute Gasteiger partial charge is 0.380 e. The third kappa shape index (κ3) is 2.53. The zero-order valence-electron chi connectivity index (χ0n) is 9.85. The molecule has 0 aliphatic carbocycles. The van der Waals surface area contributed by atoms with Gasteiger partial charge in [0.1, 0.15) is 24.1 Å². The van der Waals surface area contributed by atoms with Gasteiger partial charge in [-0.25, -0.2) is 18.4 Å². The summed E-state index contributed by atoms with van der Waals surface area (Å²) in [6.07, 6.45) is 0.939. The van der Waals surface area contributed by atoms with Crippen LogP contribution in [0.5, 0.6) is 0 Å². The van der Waals surface area contributed by atoms with Crippen LogP contribution < -0.4 is 0 Å². The quantitative estimate of drug-likeness (QED) is 0.907. The van der Waals surface area contributed by atoms with Crippen LogP contribution in [0.25, 0.3) is 0 Å². The normalized spacial score (nSPS) is 12.7. The molecule has 1 N–H and O–H groups in total. The van der Waals surface area contributed by atoms with Crippen molar-refractivity contribution in [2.45, 2.75) is 26.0 Å². The van der Waals surface area contributed by atoms with Crippen molar-refractivity contribution in [1.29, 1.82) is 0 Å². The predicted octanol–water partition coefficient (Wildman–Crippen LogP) is 2.05. The Morgan fingerprint density at radius 3 is 2.56 bits per heavy atom. The Morgan fingerprint density at radius 1 is 1.28 bits per heavy atom. The van der Waals surface area contributed by atoms with Crippen molar-refractivity contribution in [1.82, 2.24) is 14.8 Å². The molecule has 4 nitrogen and oxygen atoms in total. The van der Waals surface area contributed by atoms with E-state index in [9.17, 15) is 13.9 Å². The molecule has 0 spiro atoms. The van der Waals surface area contributed by atoms with E-state index in [4.69, 9.17) is 0 Å².